The molecule has 1 aromatic heterocycles. The lowest BCUT2D eigenvalue weighted by Gasteiger charge is -2.10. The summed E-state index contributed by atoms with van der Waals surface area (Å²) < 4.78 is 21.0. The highest BCUT2D eigenvalue weighted by Gasteiger charge is 2.09. The van der Waals surface area contributed by atoms with Gasteiger partial charge in [-0.25, -0.2) is 4.39 Å². The van der Waals surface area contributed by atoms with Crippen molar-refractivity contribution in [2.24, 2.45) is 0 Å². The largest absolute Gasteiger partial charge is 0.497 e. The van der Waals surface area contributed by atoms with E-state index in [1.807, 2.05) is 35.0 Å². The third-order valence-electron chi connectivity index (χ3n) is 3.64. The number of aromatic nitrogens is 1. The van der Waals surface area contributed by atoms with Crippen molar-refractivity contribution in [3.63, 3.8) is 0 Å². The summed E-state index contributed by atoms with van der Waals surface area (Å²) in [6, 6.07) is 12.6. The van der Waals surface area contributed by atoms with Gasteiger partial charge in [0.2, 0.25) is 0 Å². The first-order chi connectivity index (χ1) is 10.2. The Bertz CT molecular complexity index is 780. The van der Waals surface area contributed by atoms with Crippen LogP contribution >= 0.6 is 0 Å². The fourth-order valence-corrected chi connectivity index (χ4v) is 2.57. The Balaban J connectivity index is 2.02. The Morgan fingerprint density at radius 1 is 1.14 bits per heavy atom. The SMILES string of the molecule is COc1ccc(Cn2ccc3cccc(CO)c32)c(F)c1. The fraction of sp³-hybridized carbons (Fsp3) is 0.176. The lowest BCUT2D eigenvalue weighted by atomic mass is 10.1. The van der Waals surface area contributed by atoms with Crippen molar-refractivity contribution in [1.82, 2.24) is 4.57 Å². The summed E-state index contributed by atoms with van der Waals surface area (Å²) in [6.07, 6.45) is 1.91. The Morgan fingerprint density at radius 2 is 2.00 bits per heavy atom. The molecule has 3 aromatic rings. The van der Waals surface area contributed by atoms with Gasteiger partial charge in [-0.05, 0) is 17.5 Å². The standard InChI is InChI=1S/C17H16FNO2/c1-21-15-6-5-13(16(18)9-15)10-19-8-7-12-3-2-4-14(11-20)17(12)19/h2-9,20H,10-11H2,1H3. The minimum absolute atomic E-state index is 0.0353. The summed E-state index contributed by atoms with van der Waals surface area (Å²) in [7, 11) is 1.52. The number of fused-ring (bicyclic) bond motifs is 1. The fourth-order valence-electron chi connectivity index (χ4n) is 2.57. The summed E-state index contributed by atoms with van der Waals surface area (Å²) in [5, 5.41) is 10.5. The van der Waals surface area contributed by atoms with Crippen molar-refractivity contribution in [2.45, 2.75) is 13.2 Å². The van der Waals surface area contributed by atoms with E-state index >= 15 is 0 Å². The van der Waals surface area contributed by atoms with E-state index < -0.39 is 0 Å². The number of benzene rings is 2. The number of hydrogen-bond acceptors (Lipinski definition) is 2. The van der Waals surface area contributed by atoms with Crippen LogP contribution in [0.3, 0.4) is 0 Å². The molecule has 0 atom stereocenters. The first-order valence-corrected chi connectivity index (χ1v) is 6.73. The molecule has 3 rings (SSSR count). The van der Waals surface area contributed by atoms with Crippen LogP contribution in [-0.4, -0.2) is 16.8 Å². The number of aliphatic hydroxyl groups excluding tert-OH is 1. The average molecular weight is 285 g/mol. The van der Waals surface area contributed by atoms with E-state index in [1.54, 1.807) is 12.1 Å². The molecule has 4 heteroatoms. The maximum absolute atomic E-state index is 14.1. The van der Waals surface area contributed by atoms with Crippen LogP contribution in [0, 0.1) is 5.82 Å². The van der Waals surface area contributed by atoms with Crippen LogP contribution in [0.4, 0.5) is 4.39 Å². The molecule has 0 aliphatic carbocycles. The third kappa shape index (κ3) is 2.50. The molecule has 0 aliphatic heterocycles. The molecule has 108 valence electrons. The van der Waals surface area contributed by atoms with Crippen LogP contribution in [-0.2, 0) is 13.2 Å². The zero-order valence-corrected chi connectivity index (χ0v) is 11.7. The number of nitrogens with zero attached hydrogens (tertiary/aromatic N) is 1. The molecular formula is C17H16FNO2. The number of para-hydroxylation sites is 1. The predicted octanol–water partition coefficient (Wildman–Crippen LogP) is 3.33. The Morgan fingerprint density at radius 3 is 2.71 bits per heavy atom. The van der Waals surface area contributed by atoms with Gasteiger partial charge in [0.25, 0.3) is 0 Å². The zero-order valence-electron chi connectivity index (χ0n) is 11.7. The van der Waals surface area contributed by atoms with Crippen LogP contribution in [0.15, 0.2) is 48.7 Å². The number of ether oxygens (including phenoxy) is 1. The summed E-state index contributed by atoms with van der Waals surface area (Å²) in [5.41, 5.74) is 2.36. The number of aliphatic hydroxyl groups is 1. The van der Waals surface area contributed by atoms with Gasteiger partial charge < -0.3 is 14.4 Å². The molecule has 2 aromatic carbocycles. The molecule has 0 unspecified atom stereocenters. The number of halogens is 1. The van der Waals surface area contributed by atoms with Crippen molar-refractivity contribution >= 4 is 10.9 Å². The molecule has 0 spiro atoms. The van der Waals surface area contributed by atoms with Crippen LogP contribution in [0.5, 0.6) is 5.75 Å². The first kappa shape index (κ1) is 13.6. The van der Waals surface area contributed by atoms with Crippen molar-refractivity contribution in [2.75, 3.05) is 7.11 Å². The highest BCUT2D eigenvalue weighted by Crippen LogP contribution is 2.23. The Hall–Kier alpha value is -2.33. The molecule has 0 bridgehead atoms. The third-order valence-corrected chi connectivity index (χ3v) is 3.64. The summed E-state index contributed by atoms with van der Waals surface area (Å²) in [5.74, 6) is 0.211. The number of methoxy groups -OCH3 is 1. The second kappa shape index (κ2) is 5.58. The van der Waals surface area contributed by atoms with E-state index in [0.29, 0.717) is 17.9 Å². The quantitative estimate of drug-likeness (QED) is 0.798. The summed E-state index contributed by atoms with van der Waals surface area (Å²) >= 11 is 0. The highest BCUT2D eigenvalue weighted by molar-refractivity contribution is 5.83. The summed E-state index contributed by atoms with van der Waals surface area (Å²) in [6.45, 7) is 0.378. The van der Waals surface area contributed by atoms with Gasteiger partial charge in [-0.2, -0.15) is 0 Å². The molecule has 1 heterocycles. The molecule has 0 saturated carbocycles. The topological polar surface area (TPSA) is 34.4 Å². The minimum Gasteiger partial charge on any atom is -0.497 e. The van der Waals surface area contributed by atoms with Crippen molar-refractivity contribution in [1.29, 1.82) is 0 Å². The summed E-state index contributed by atoms with van der Waals surface area (Å²) in [4.78, 5) is 0. The van der Waals surface area contributed by atoms with E-state index in [9.17, 15) is 9.50 Å². The van der Waals surface area contributed by atoms with Crippen LogP contribution in [0.1, 0.15) is 11.1 Å². The Kier molecular flexibility index (Phi) is 3.62. The first-order valence-electron chi connectivity index (χ1n) is 6.73. The van der Waals surface area contributed by atoms with Gasteiger partial charge in [-0.1, -0.05) is 24.3 Å². The Labute approximate surface area is 122 Å². The van der Waals surface area contributed by atoms with Gasteiger partial charge in [-0.15, -0.1) is 0 Å². The van der Waals surface area contributed by atoms with Crippen molar-refractivity contribution < 1.29 is 14.2 Å². The lowest BCUT2D eigenvalue weighted by Crippen LogP contribution is -2.02. The predicted molar refractivity (Wildman–Crippen MR) is 79.9 cm³/mol. The molecule has 21 heavy (non-hydrogen) atoms. The van der Waals surface area contributed by atoms with Crippen LogP contribution in [0.25, 0.3) is 10.9 Å². The minimum atomic E-state index is -0.294. The second-order valence-electron chi connectivity index (χ2n) is 4.91. The van der Waals surface area contributed by atoms with E-state index in [1.165, 1.54) is 13.2 Å². The van der Waals surface area contributed by atoms with Gasteiger partial charge in [0, 0.05) is 23.4 Å². The highest BCUT2D eigenvalue weighted by atomic mass is 19.1. The van der Waals surface area contributed by atoms with Gasteiger partial charge in [0.1, 0.15) is 11.6 Å². The van der Waals surface area contributed by atoms with Crippen LogP contribution < -0.4 is 4.74 Å². The molecule has 1 N–H and O–H groups in total. The number of rotatable bonds is 4. The molecule has 0 fully saturated rings. The van der Waals surface area contributed by atoms with Crippen molar-refractivity contribution in [3.8, 4) is 5.75 Å². The second-order valence-corrected chi connectivity index (χ2v) is 4.91. The smallest absolute Gasteiger partial charge is 0.131 e. The van der Waals surface area contributed by atoms with Gasteiger partial charge in [0.05, 0.1) is 25.8 Å². The molecule has 0 amide bonds. The lowest BCUT2D eigenvalue weighted by molar-refractivity contribution is 0.283. The zero-order chi connectivity index (χ0) is 14.8. The molecule has 3 nitrogen and oxygen atoms in total. The monoisotopic (exact) mass is 285 g/mol. The van der Waals surface area contributed by atoms with Gasteiger partial charge in [0.15, 0.2) is 0 Å². The van der Waals surface area contributed by atoms with E-state index in [4.69, 9.17) is 4.74 Å². The molecule has 0 aliphatic rings. The molecule has 0 radical (unpaired) electrons. The van der Waals surface area contributed by atoms with Gasteiger partial charge >= 0.3 is 0 Å². The molecular weight excluding hydrogens is 269 g/mol. The van der Waals surface area contributed by atoms with E-state index in [-0.39, 0.29) is 12.4 Å². The van der Waals surface area contributed by atoms with E-state index in [0.717, 1.165) is 16.5 Å². The normalized spacial score (nSPS) is 11.0. The maximum atomic E-state index is 14.1. The maximum Gasteiger partial charge on any atom is 0.131 e. The van der Waals surface area contributed by atoms with Crippen LogP contribution in [0.2, 0.25) is 0 Å². The molecule has 0 saturated heterocycles. The van der Waals surface area contributed by atoms with Gasteiger partial charge in [-0.3, -0.25) is 0 Å². The van der Waals surface area contributed by atoms with E-state index in [2.05, 4.69) is 0 Å². The number of hydrogen-bond donors (Lipinski definition) is 1. The van der Waals surface area contributed by atoms with Crippen molar-refractivity contribution in [3.05, 3.63) is 65.6 Å². The average Bonchev–Trinajstić information content (AvgIpc) is 2.92.